The van der Waals surface area contributed by atoms with Gasteiger partial charge in [0.25, 0.3) is 6.43 Å². The third-order valence-corrected chi connectivity index (χ3v) is 2.37. The van der Waals surface area contributed by atoms with Crippen molar-refractivity contribution < 1.29 is 18.0 Å². The number of aromatic nitrogens is 2. The van der Waals surface area contributed by atoms with Gasteiger partial charge < -0.3 is 15.0 Å². The first-order valence-electron chi connectivity index (χ1n) is 5.14. The normalized spacial score (nSPS) is 10.9. The molecule has 0 aliphatic rings. The van der Waals surface area contributed by atoms with E-state index in [4.69, 9.17) is 15.0 Å². The second-order valence-electron chi connectivity index (χ2n) is 3.47. The van der Waals surface area contributed by atoms with E-state index in [1.165, 1.54) is 19.2 Å². The summed E-state index contributed by atoms with van der Waals surface area (Å²) in [5, 5.41) is 3.66. The van der Waals surface area contributed by atoms with Crippen LogP contribution < -0.4 is 10.5 Å². The quantitative estimate of drug-likeness (QED) is 0.905. The Morgan fingerprint density at radius 3 is 2.78 bits per heavy atom. The van der Waals surface area contributed by atoms with E-state index in [0.29, 0.717) is 5.56 Å². The van der Waals surface area contributed by atoms with Gasteiger partial charge in [-0.25, -0.2) is 8.78 Å². The molecule has 0 aliphatic carbocycles. The van der Waals surface area contributed by atoms with Gasteiger partial charge in [0.15, 0.2) is 0 Å². The number of ether oxygens (including phenoxy) is 1. The van der Waals surface area contributed by atoms with Gasteiger partial charge in [-0.3, -0.25) is 0 Å². The lowest BCUT2D eigenvalue weighted by Crippen LogP contribution is -1.96. The monoisotopic (exact) mass is 255 g/mol. The highest BCUT2D eigenvalue weighted by molar-refractivity contribution is 5.58. The van der Waals surface area contributed by atoms with Gasteiger partial charge in [0, 0.05) is 5.56 Å². The zero-order chi connectivity index (χ0) is 13.1. The zero-order valence-corrected chi connectivity index (χ0v) is 9.56. The number of hydrogen-bond acceptors (Lipinski definition) is 5. The molecule has 2 N–H and O–H groups in total. The summed E-state index contributed by atoms with van der Waals surface area (Å²) in [5.74, 6) is 0.593. The number of benzene rings is 1. The maximum atomic E-state index is 12.8. The Bertz CT molecular complexity index is 543. The molecule has 0 saturated heterocycles. The molecule has 0 bridgehead atoms. The van der Waals surface area contributed by atoms with Crippen LogP contribution in [-0.2, 0) is 6.54 Å². The predicted octanol–water partition coefficient (Wildman–Crippen LogP) is 2.14. The smallest absolute Gasteiger partial charge is 0.267 e. The van der Waals surface area contributed by atoms with E-state index in [1.54, 1.807) is 6.07 Å². The van der Waals surface area contributed by atoms with Crippen molar-refractivity contribution in [1.82, 2.24) is 10.1 Å². The van der Waals surface area contributed by atoms with Crippen molar-refractivity contribution >= 4 is 0 Å². The van der Waals surface area contributed by atoms with Gasteiger partial charge in [0.1, 0.15) is 5.75 Å². The van der Waals surface area contributed by atoms with Crippen molar-refractivity contribution in [2.45, 2.75) is 13.0 Å². The van der Waals surface area contributed by atoms with Gasteiger partial charge in [-0.05, 0) is 18.2 Å². The Balaban J connectivity index is 2.42. The van der Waals surface area contributed by atoms with Crippen LogP contribution in [-0.4, -0.2) is 17.3 Å². The zero-order valence-electron chi connectivity index (χ0n) is 9.56. The average molecular weight is 255 g/mol. The Kier molecular flexibility index (Phi) is 3.52. The summed E-state index contributed by atoms with van der Waals surface area (Å²) in [6.07, 6.45) is -2.64. The lowest BCUT2D eigenvalue weighted by Gasteiger charge is -2.08. The highest BCUT2D eigenvalue weighted by Crippen LogP contribution is 2.32. The number of halogens is 2. The molecule has 7 heteroatoms. The van der Waals surface area contributed by atoms with Crippen molar-refractivity contribution in [2.75, 3.05) is 7.11 Å². The lowest BCUT2D eigenvalue weighted by molar-refractivity contribution is 0.147. The predicted molar refractivity (Wildman–Crippen MR) is 59.1 cm³/mol. The Morgan fingerprint density at radius 2 is 2.22 bits per heavy atom. The summed E-state index contributed by atoms with van der Waals surface area (Å²) >= 11 is 0. The minimum atomic E-state index is -2.64. The van der Waals surface area contributed by atoms with Crippen LogP contribution >= 0.6 is 0 Å². The molecule has 1 aromatic heterocycles. The van der Waals surface area contributed by atoms with Crippen molar-refractivity contribution in [1.29, 1.82) is 0 Å². The second-order valence-corrected chi connectivity index (χ2v) is 3.47. The van der Waals surface area contributed by atoms with Crippen LogP contribution in [0.3, 0.4) is 0 Å². The second kappa shape index (κ2) is 5.09. The molecule has 0 amide bonds. The highest BCUT2D eigenvalue weighted by atomic mass is 19.3. The van der Waals surface area contributed by atoms with E-state index in [9.17, 15) is 8.78 Å². The molecule has 1 aromatic carbocycles. The van der Waals surface area contributed by atoms with Crippen molar-refractivity contribution in [3.8, 4) is 17.1 Å². The molecule has 0 fully saturated rings. The fraction of sp³-hybridized carbons (Fsp3) is 0.273. The summed E-state index contributed by atoms with van der Waals surface area (Å²) in [5.41, 5.74) is 5.54. The van der Waals surface area contributed by atoms with Crippen LogP contribution in [0.1, 0.15) is 17.9 Å². The molecule has 0 atom stereocenters. The van der Waals surface area contributed by atoms with E-state index < -0.39 is 6.43 Å². The summed E-state index contributed by atoms with van der Waals surface area (Å²) in [6.45, 7) is 0.102. The Labute approximate surface area is 102 Å². The first-order valence-corrected chi connectivity index (χ1v) is 5.14. The van der Waals surface area contributed by atoms with E-state index in [2.05, 4.69) is 10.1 Å². The maximum absolute atomic E-state index is 12.8. The molecule has 0 radical (unpaired) electrons. The molecule has 0 aliphatic heterocycles. The van der Waals surface area contributed by atoms with Gasteiger partial charge in [-0.1, -0.05) is 5.16 Å². The number of alkyl halides is 2. The van der Waals surface area contributed by atoms with E-state index in [1.807, 2.05) is 0 Å². The molecule has 2 rings (SSSR count). The van der Waals surface area contributed by atoms with Crippen LogP contribution in [0.4, 0.5) is 8.78 Å². The molecular weight excluding hydrogens is 244 g/mol. The first-order chi connectivity index (χ1) is 8.65. The topological polar surface area (TPSA) is 74.2 Å². The van der Waals surface area contributed by atoms with Crippen LogP contribution in [0.5, 0.6) is 5.75 Å². The molecule has 2 aromatic rings. The molecular formula is C11H11F2N3O2. The number of rotatable bonds is 4. The van der Waals surface area contributed by atoms with E-state index in [-0.39, 0.29) is 29.6 Å². The van der Waals surface area contributed by atoms with Gasteiger partial charge in [-0.2, -0.15) is 4.98 Å². The van der Waals surface area contributed by atoms with Crippen molar-refractivity contribution in [3.63, 3.8) is 0 Å². The fourth-order valence-electron chi connectivity index (χ4n) is 1.50. The number of nitrogens with two attached hydrogens (primary N) is 1. The summed E-state index contributed by atoms with van der Waals surface area (Å²) in [7, 11) is 1.34. The molecule has 18 heavy (non-hydrogen) atoms. The summed E-state index contributed by atoms with van der Waals surface area (Å²) in [6, 6.07) is 4.29. The summed E-state index contributed by atoms with van der Waals surface area (Å²) in [4.78, 5) is 3.97. The maximum Gasteiger partial charge on any atom is 0.267 e. The molecule has 96 valence electrons. The fourth-order valence-corrected chi connectivity index (χ4v) is 1.50. The highest BCUT2D eigenvalue weighted by Gasteiger charge is 2.16. The van der Waals surface area contributed by atoms with Crippen LogP contribution in [0.2, 0.25) is 0 Å². The van der Waals surface area contributed by atoms with Crippen LogP contribution in [0.25, 0.3) is 11.4 Å². The third-order valence-electron chi connectivity index (χ3n) is 2.37. The SMILES string of the molecule is COc1ccc(-c2noc(CN)n2)cc1C(F)F. The number of hydrogen-bond donors (Lipinski definition) is 1. The minimum absolute atomic E-state index is 0.102. The molecule has 0 unspecified atom stereocenters. The minimum Gasteiger partial charge on any atom is -0.496 e. The Hall–Kier alpha value is -2.02. The van der Waals surface area contributed by atoms with Gasteiger partial charge in [-0.15, -0.1) is 0 Å². The number of nitrogens with zero attached hydrogens (tertiary/aromatic N) is 2. The molecule has 5 nitrogen and oxygen atoms in total. The van der Waals surface area contributed by atoms with Gasteiger partial charge in [0.05, 0.1) is 19.2 Å². The van der Waals surface area contributed by atoms with E-state index in [0.717, 1.165) is 0 Å². The average Bonchev–Trinajstić information content (AvgIpc) is 2.86. The largest absolute Gasteiger partial charge is 0.496 e. The standard InChI is InChI=1S/C11H11F2N3O2/c1-17-8-3-2-6(4-7(8)10(12)13)11-15-9(5-14)18-16-11/h2-4,10H,5,14H2,1H3. The van der Waals surface area contributed by atoms with E-state index >= 15 is 0 Å². The number of methoxy groups -OCH3 is 1. The molecule has 0 saturated carbocycles. The van der Waals surface area contributed by atoms with Crippen molar-refractivity contribution in [2.24, 2.45) is 5.73 Å². The molecule has 0 spiro atoms. The first kappa shape index (κ1) is 12.4. The summed E-state index contributed by atoms with van der Waals surface area (Å²) < 4.78 is 35.3. The Morgan fingerprint density at radius 1 is 1.44 bits per heavy atom. The third kappa shape index (κ3) is 2.30. The van der Waals surface area contributed by atoms with Crippen LogP contribution in [0, 0.1) is 0 Å². The van der Waals surface area contributed by atoms with Gasteiger partial charge >= 0.3 is 0 Å². The lowest BCUT2D eigenvalue weighted by atomic mass is 10.1. The van der Waals surface area contributed by atoms with Crippen LogP contribution in [0.15, 0.2) is 22.7 Å². The van der Waals surface area contributed by atoms with Crippen molar-refractivity contribution in [3.05, 3.63) is 29.7 Å². The molecule has 1 heterocycles. The van der Waals surface area contributed by atoms with Gasteiger partial charge in [0.2, 0.25) is 11.7 Å².